The summed E-state index contributed by atoms with van der Waals surface area (Å²) >= 11 is 2.87. The van der Waals surface area contributed by atoms with Crippen LogP contribution in [0.2, 0.25) is 0 Å². The molecule has 6 nitrogen and oxygen atoms in total. The molecule has 0 aliphatic carbocycles. The first-order valence-corrected chi connectivity index (χ1v) is 10.5. The maximum atomic E-state index is 12.2. The van der Waals surface area contributed by atoms with Crippen LogP contribution in [0.1, 0.15) is 54.4 Å². The van der Waals surface area contributed by atoms with Crippen LogP contribution in [-0.4, -0.2) is 36.6 Å². The number of thiophene rings is 2. The third kappa shape index (κ3) is 6.69. The van der Waals surface area contributed by atoms with Gasteiger partial charge in [-0.2, -0.15) is 0 Å². The van der Waals surface area contributed by atoms with Crippen LogP contribution in [0.25, 0.3) is 0 Å². The molecule has 0 bridgehead atoms. The Kier molecular flexibility index (Phi) is 8.07. The lowest BCUT2D eigenvalue weighted by molar-refractivity contribution is -0.142. The lowest BCUT2D eigenvalue weighted by atomic mass is 10.1. The molecule has 8 heteroatoms. The van der Waals surface area contributed by atoms with Crippen molar-refractivity contribution in [3.05, 3.63) is 43.3 Å². The van der Waals surface area contributed by atoms with Gasteiger partial charge in [0.2, 0.25) is 11.7 Å². The van der Waals surface area contributed by atoms with Crippen molar-refractivity contribution in [3.63, 3.8) is 0 Å². The van der Waals surface area contributed by atoms with Crippen molar-refractivity contribution in [1.29, 1.82) is 0 Å². The molecule has 2 aromatic rings. The number of amides is 1. The van der Waals surface area contributed by atoms with Crippen LogP contribution in [0.15, 0.2) is 18.2 Å². The van der Waals surface area contributed by atoms with Gasteiger partial charge in [0.25, 0.3) is 0 Å². The number of Topliss-reactive ketones (excluding diaryl/α,β-unsaturated/α-hetero) is 2. The fraction of sp³-hybridized carbons (Fsp3) is 0.400. The third-order valence-corrected chi connectivity index (χ3v) is 6.10. The van der Waals surface area contributed by atoms with E-state index in [2.05, 4.69) is 5.32 Å². The zero-order valence-electron chi connectivity index (χ0n) is 16.1. The normalized spacial score (nSPS) is 10.5. The Morgan fingerprint density at radius 3 is 2.43 bits per heavy atom. The van der Waals surface area contributed by atoms with Gasteiger partial charge in [0.15, 0.2) is 12.4 Å². The molecule has 0 aliphatic heterocycles. The lowest BCUT2D eigenvalue weighted by Crippen LogP contribution is -2.22. The molecule has 0 spiro atoms. The molecule has 1 amide bonds. The molecule has 2 rings (SSSR count). The average Bonchev–Trinajstić information content (AvgIpc) is 3.23. The van der Waals surface area contributed by atoms with Crippen LogP contribution in [0, 0.1) is 13.8 Å². The van der Waals surface area contributed by atoms with Gasteiger partial charge in [-0.15, -0.1) is 22.7 Å². The highest BCUT2D eigenvalue weighted by molar-refractivity contribution is 7.14. The summed E-state index contributed by atoms with van der Waals surface area (Å²) in [7, 11) is 0. The zero-order chi connectivity index (χ0) is 20.7. The Labute approximate surface area is 171 Å². The maximum absolute atomic E-state index is 12.2. The van der Waals surface area contributed by atoms with Crippen molar-refractivity contribution in [2.45, 2.75) is 40.0 Å². The quantitative estimate of drug-likeness (QED) is 0.468. The minimum absolute atomic E-state index is 0.0488. The Balaban J connectivity index is 1.74. The van der Waals surface area contributed by atoms with Gasteiger partial charge in [-0.3, -0.25) is 19.2 Å². The first-order chi connectivity index (χ1) is 13.3. The van der Waals surface area contributed by atoms with Crippen molar-refractivity contribution < 1.29 is 23.9 Å². The summed E-state index contributed by atoms with van der Waals surface area (Å²) in [4.78, 5) is 50.5. The first-order valence-electron chi connectivity index (χ1n) is 8.88. The molecule has 2 heterocycles. The van der Waals surface area contributed by atoms with E-state index in [0.29, 0.717) is 23.4 Å². The summed E-state index contributed by atoms with van der Waals surface area (Å²) in [5.41, 5.74) is 0.650. The van der Waals surface area contributed by atoms with Crippen LogP contribution in [-0.2, 0) is 20.7 Å². The van der Waals surface area contributed by atoms with Crippen LogP contribution in [0.5, 0.6) is 0 Å². The molecule has 1 N–H and O–H groups in total. The first kappa shape index (κ1) is 22.0. The Morgan fingerprint density at radius 2 is 1.79 bits per heavy atom. The topological polar surface area (TPSA) is 89.5 Å². The number of ketones is 2. The summed E-state index contributed by atoms with van der Waals surface area (Å²) in [6, 6.07) is 5.35. The number of rotatable bonds is 10. The van der Waals surface area contributed by atoms with E-state index in [1.54, 1.807) is 17.4 Å². The van der Waals surface area contributed by atoms with E-state index in [1.807, 2.05) is 26.0 Å². The van der Waals surface area contributed by atoms with Crippen molar-refractivity contribution in [2.75, 3.05) is 13.2 Å². The average molecular weight is 422 g/mol. The van der Waals surface area contributed by atoms with E-state index in [0.717, 1.165) is 14.6 Å². The Bertz CT molecular complexity index is 881. The van der Waals surface area contributed by atoms with Crippen LogP contribution in [0.4, 0.5) is 0 Å². The van der Waals surface area contributed by atoms with Crippen molar-refractivity contribution in [2.24, 2.45) is 0 Å². The Morgan fingerprint density at radius 1 is 1.04 bits per heavy atom. The van der Waals surface area contributed by atoms with Crippen molar-refractivity contribution in [3.8, 4) is 0 Å². The number of aryl methyl sites for hydroxylation is 2. The molecular weight excluding hydrogens is 398 g/mol. The van der Waals surface area contributed by atoms with E-state index in [9.17, 15) is 19.2 Å². The SMILES string of the molecule is CC(=O)NCCc1ccc(C(=O)COC(=O)CCC(=O)c2cc(C)sc2C)s1. The number of ether oxygens (including phenoxy) is 1. The molecule has 0 saturated carbocycles. The summed E-state index contributed by atoms with van der Waals surface area (Å²) in [6.45, 7) is 5.44. The summed E-state index contributed by atoms with van der Waals surface area (Å²) < 4.78 is 5.01. The number of hydrogen-bond donors (Lipinski definition) is 1. The van der Waals surface area contributed by atoms with Gasteiger partial charge in [-0.25, -0.2) is 0 Å². The van der Waals surface area contributed by atoms with E-state index in [1.165, 1.54) is 18.3 Å². The number of nitrogens with one attached hydrogen (secondary N) is 1. The number of carbonyl (C=O) groups excluding carboxylic acids is 4. The molecule has 28 heavy (non-hydrogen) atoms. The van der Waals surface area contributed by atoms with Crippen molar-refractivity contribution >= 4 is 46.1 Å². The fourth-order valence-electron chi connectivity index (χ4n) is 2.57. The van der Waals surface area contributed by atoms with E-state index >= 15 is 0 Å². The minimum Gasteiger partial charge on any atom is -0.457 e. The van der Waals surface area contributed by atoms with Gasteiger partial charge < -0.3 is 10.1 Å². The second kappa shape index (κ2) is 10.3. The highest BCUT2D eigenvalue weighted by Crippen LogP contribution is 2.22. The summed E-state index contributed by atoms with van der Waals surface area (Å²) in [5.74, 6) is -1.02. The number of esters is 1. The van der Waals surface area contributed by atoms with Gasteiger partial charge in [-0.1, -0.05) is 0 Å². The van der Waals surface area contributed by atoms with E-state index in [4.69, 9.17) is 4.74 Å². The van der Waals surface area contributed by atoms with Gasteiger partial charge >= 0.3 is 5.97 Å². The molecule has 0 fully saturated rings. The monoisotopic (exact) mass is 421 g/mol. The van der Waals surface area contributed by atoms with E-state index < -0.39 is 5.97 Å². The molecule has 0 aromatic carbocycles. The number of hydrogen-bond acceptors (Lipinski definition) is 7. The molecule has 0 radical (unpaired) electrons. The minimum atomic E-state index is -0.561. The summed E-state index contributed by atoms with van der Waals surface area (Å²) in [6.07, 6.45) is 0.657. The zero-order valence-corrected chi connectivity index (χ0v) is 17.8. The highest BCUT2D eigenvalue weighted by atomic mass is 32.1. The third-order valence-electron chi connectivity index (χ3n) is 3.94. The van der Waals surface area contributed by atoms with Gasteiger partial charge in [0, 0.05) is 40.1 Å². The van der Waals surface area contributed by atoms with Crippen LogP contribution >= 0.6 is 22.7 Å². The molecule has 2 aromatic heterocycles. The Hall–Kier alpha value is -2.32. The highest BCUT2D eigenvalue weighted by Gasteiger charge is 2.16. The predicted molar refractivity (Wildman–Crippen MR) is 109 cm³/mol. The lowest BCUT2D eigenvalue weighted by Gasteiger charge is -2.03. The maximum Gasteiger partial charge on any atom is 0.306 e. The van der Waals surface area contributed by atoms with E-state index in [-0.39, 0.29) is 36.9 Å². The van der Waals surface area contributed by atoms with Gasteiger partial charge in [-0.05, 0) is 38.5 Å². The van der Waals surface area contributed by atoms with Gasteiger partial charge in [0.1, 0.15) is 0 Å². The number of carbonyl (C=O) groups is 4. The summed E-state index contributed by atoms with van der Waals surface area (Å²) in [5, 5.41) is 2.70. The standard InChI is InChI=1S/C20H23NO5S2/c1-12-10-16(13(2)27-12)17(23)5-7-20(25)26-11-18(24)19-6-4-15(28-19)8-9-21-14(3)22/h4,6,10H,5,7-9,11H2,1-3H3,(H,21,22). The smallest absolute Gasteiger partial charge is 0.306 e. The molecule has 150 valence electrons. The van der Waals surface area contributed by atoms with Crippen LogP contribution < -0.4 is 5.32 Å². The molecular formula is C20H23NO5S2. The molecule has 0 atom stereocenters. The van der Waals surface area contributed by atoms with Crippen molar-refractivity contribution in [1.82, 2.24) is 5.32 Å². The fourth-order valence-corrected chi connectivity index (χ4v) is 4.45. The second-order valence-corrected chi connectivity index (χ2v) is 8.96. The molecule has 0 unspecified atom stereocenters. The van der Waals surface area contributed by atoms with Gasteiger partial charge in [0.05, 0.1) is 11.3 Å². The largest absolute Gasteiger partial charge is 0.457 e. The molecule has 0 saturated heterocycles. The second-order valence-electron chi connectivity index (χ2n) is 6.33. The van der Waals surface area contributed by atoms with Crippen LogP contribution in [0.3, 0.4) is 0 Å². The molecule has 0 aliphatic rings. The predicted octanol–water partition coefficient (Wildman–Crippen LogP) is 3.49.